The third kappa shape index (κ3) is 4.93. The Hall–Kier alpha value is -0.840. The molecule has 1 aromatic carbocycles. The summed E-state index contributed by atoms with van der Waals surface area (Å²) in [6.07, 6.45) is -0.845. The molecule has 2 N–H and O–H groups in total. The number of nitrogens with one attached hydrogen (secondary N) is 2. The highest BCUT2D eigenvalue weighted by Crippen LogP contribution is 2.32. The van der Waals surface area contributed by atoms with Crippen LogP contribution >= 0.6 is 34.8 Å². The molecule has 20 heavy (non-hydrogen) atoms. The summed E-state index contributed by atoms with van der Waals surface area (Å²) in [5.41, 5.74) is 2.87. The van der Waals surface area contributed by atoms with Crippen molar-refractivity contribution in [2.45, 2.75) is 23.8 Å². The lowest BCUT2D eigenvalue weighted by Crippen LogP contribution is -2.52. The zero-order valence-electron chi connectivity index (χ0n) is 11.8. The fourth-order valence-electron chi connectivity index (χ4n) is 1.50. The van der Waals surface area contributed by atoms with Crippen LogP contribution in [-0.4, -0.2) is 35.0 Å². The highest BCUT2D eigenvalue weighted by molar-refractivity contribution is 6.68. The summed E-state index contributed by atoms with van der Waals surface area (Å²) in [7, 11) is 3.23. The molecule has 1 atom stereocenters. The molecule has 0 bridgehead atoms. The van der Waals surface area contributed by atoms with Gasteiger partial charge in [-0.15, -0.1) is 0 Å². The molecule has 112 valence electrons. The van der Waals surface area contributed by atoms with Crippen molar-refractivity contribution in [3.8, 4) is 0 Å². The van der Waals surface area contributed by atoms with Crippen LogP contribution in [0, 0.1) is 13.8 Å². The summed E-state index contributed by atoms with van der Waals surface area (Å²) in [6, 6.07) is 5.53. The van der Waals surface area contributed by atoms with Crippen LogP contribution in [0.3, 0.4) is 0 Å². The Morgan fingerprint density at radius 3 is 2.35 bits per heavy atom. The van der Waals surface area contributed by atoms with Crippen LogP contribution in [0.15, 0.2) is 18.2 Å². The van der Waals surface area contributed by atoms with Crippen molar-refractivity contribution in [3.63, 3.8) is 0 Å². The Morgan fingerprint density at radius 1 is 1.25 bits per heavy atom. The van der Waals surface area contributed by atoms with Crippen LogP contribution in [0.4, 0.5) is 10.5 Å². The van der Waals surface area contributed by atoms with Gasteiger partial charge in [0, 0.05) is 19.8 Å². The molecule has 0 aliphatic heterocycles. The summed E-state index contributed by atoms with van der Waals surface area (Å²) < 4.78 is -1.68. The molecular formula is C13H18Cl3N3O. The summed E-state index contributed by atoms with van der Waals surface area (Å²) >= 11 is 17.8. The first-order valence-corrected chi connectivity index (χ1v) is 7.13. The lowest BCUT2D eigenvalue weighted by molar-refractivity contribution is 0.214. The number of rotatable bonds is 3. The van der Waals surface area contributed by atoms with E-state index in [1.165, 1.54) is 4.90 Å². The first-order chi connectivity index (χ1) is 9.11. The number of hydrogen-bond donors (Lipinski definition) is 2. The molecule has 0 saturated carbocycles. The van der Waals surface area contributed by atoms with Gasteiger partial charge in [0.15, 0.2) is 0 Å². The Balaban J connectivity index is 2.96. The van der Waals surface area contributed by atoms with E-state index in [1.807, 2.05) is 32.0 Å². The fraction of sp³-hybridized carbons (Fsp3) is 0.462. The molecule has 4 nitrogen and oxygen atoms in total. The second kappa shape index (κ2) is 6.74. The van der Waals surface area contributed by atoms with Crippen molar-refractivity contribution in [1.29, 1.82) is 0 Å². The highest BCUT2D eigenvalue weighted by Gasteiger charge is 2.34. The van der Waals surface area contributed by atoms with Crippen molar-refractivity contribution >= 4 is 46.5 Å². The number of nitrogens with zero attached hydrogens (tertiary/aromatic N) is 1. The predicted molar refractivity (Wildman–Crippen MR) is 85.8 cm³/mol. The van der Waals surface area contributed by atoms with Gasteiger partial charge in [0.05, 0.1) is 0 Å². The van der Waals surface area contributed by atoms with E-state index in [-0.39, 0.29) is 6.03 Å². The van der Waals surface area contributed by atoms with Gasteiger partial charge in [-0.2, -0.15) is 0 Å². The molecule has 1 aromatic rings. The topological polar surface area (TPSA) is 44.4 Å². The van der Waals surface area contributed by atoms with Crippen LogP contribution < -0.4 is 10.6 Å². The second-order valence-corrected chi connectivity index (χ2v) is 7.15. The Kier molecular flexibility index (Phi) is 5.80. The van der Waals surface area contributed by atoms with Crippen molar-refractivity contribution in [3.05, 3.63) is 29.3 Å². The van der Waals surface area contributed by atoms with E-state index < -0.39 is 9.96 Å². The molecule has 0 fully saturated rings. The van der Waals surface area contributed by atoms with Gasteiger partial charge >= 0.3 is 6.03 Å². The number of carbonyl (C=O) groups excluding carboxylic acids is 1. The summed E-state index contributed by atoms with van der Waals surface area (Å²) in [4.78, 5) is 13.1. The Morgan fingerprint density at radius 2 is 1.85 bits per heavy atom. The van der Waals surface area contributed by atoms with Gasteiger partial charge in [-0.3, -0.25) is 0 Å². The molecule has 0 aromatic heterocycles. The maximum atomic E-state index is 11.7. The van der Waals surface area contributed by atoms with Crippen LogP contribution in [0.25, 0.3) is 0 Å². The second-order valence-electron chi connectivity index (χ2n) is 4.78. The molecule has 7 heteroatoms. The van der Waals surface area contributed by atoms with E-state index in [4.69, 9.17) is 34.8 Å². The van der Waals surface area contributed by atoms with Crippen molar-refractivity contribution in [2.24, 2.45) is 0 Å². The van der Waals surface area contributed by atoms with E-state index >= 15 is 0 Å². The first-order valence-electron chi connectivity index (χ1n) is 5.99. The molecular weight excluding hydrogens is 321 g/mol. The average Bonchev–Trinajstić information content (AvgIpc) is 2.31. The smallest absolute Gasteiger partial charge is 0.318 e. The molecule has 1 rings (SSSR count). The fourth-order valence-corrected chi connectivity index (χ4v) is 1.83. The number of hydrogen-bond acceptors (Lipinski definition) is 2. The summed E-state index contributed by atoms with van der Waals surface area (Å²) in [5, 5.41) is 5.69. The lowest BCUT2D eigenvalue weighted by Gasteiger charge is -2.29. The largest absolute Gasteiger partial charge is 0.362 e. The van der Waals surface area contributed by atoms with Gasteiger partial charge in [-0.25, -0.2) is 4.79 Å². The standard InChI is InChI=1S/C13H18Cl3N3O/c1-8-5-6-9(2)10(7-8)17-11(13(14,15)16)18-12(20)19(3)4/h5-7,11,17H,1-4H3,(H,18,20)/t11-/m0/s1. The first kappa shape index (κ1) is 17.2. The van der Waals surface area contributed by atoms with E-state index in [0.29, 0.717) is 0 Å². The molecule has 0 aliphatic rings. The number of urea groups is 1. The van der Waals surface area contributed by atoms with Crippen molar-refractivity contribution in [1.82, 2.24) is 10.2 Å². The van der Waals surface area contributed by atoms with E-state index in [0.717, 1.165) is 16.8 Å². The maximum absolute atomic E-state index is 11.7. The number of alkyl halides is 3. The minimum Gasteiger partial charge on any atom is -0.362 e. The normalized spacial score (nSPS) is 12.8. The molecule has 0 radical (unpaired) electrons. The zero-order chi connectivity index (χ0) is 15.5. The number of aryl methyl sites for hydroxylation is 2. The van der Waals surface area contributed by atoms with E-state index in [1.54, 1.807) is 14.1 Å². The molecule has 0 unspecified atom stereocenters. The number of anilines is 1. The zero-order valence-corrected chi connectivity index (χ0v) is 14.1. The highest BCUT2D eigenvalue weighted by atomic mass is 35.6. The van der Waals surface area contributed by atoms with Crippen molar-refractivity contribution in [2.75, 3.05) is 19.4 Å². The molecule has 0 saturated heterocycles. The van der Waals surface area contributed by atoms with Gasteiger partial charge in [0.1, 0.15) is 6.17 Å². The number of amides is 2. The Bertz CT molecular complexity index is 486. The summed E-state index contributed by atoms with van der Waals surface area (Å²) in [5.74, 6) is 0. The van der Waals surface area contributed by atoms with E-state index in [9.17, 15) is 4.79 Å². The Labute approximate surface area is 134 Å². The van der Waals surface area contributed by atoms with Crippen LogP contribution in [0.2, 0.25) is 0 Å². The lowest BCUT2D eigenvalue weighted by atomic mass is 10.1. The maximum Gasteiger partial charge on any atom is 0.318 e. The van der Waals surface area contributed by atoms with Gasteiger partial charge < -0.3 is 15.5 Å². The van der Waals surface area contributed by atoms with Gasteiger partial charge in [0.2, 0.25) is 3.79 Å². The molecule has 0 heterocycles. The number of carbonyl (C=O) groups is 1. The van der Waals surface area contributed by atoms with Crippen molar-refractivity contribution < 1.29 is 4.79 Å². The van der Waals surface area contributed by atoms with Crippen LogP contribution in [0.5, 0.6) is 0 Å². The SMILES string of the molecule is Cc1ccc(C)c(N[C@@H](NC(=O)N(C)C)C(Cl)(Cl)Cl)c1. The molecule has 0 aliphatic carbocycles. The third-order valence-electron chi connectivity index (χ3n) is 2.69. The minimum atomic E-state index is -1.68. The monoisotopic (exact) mass is 337 g/mol. The van der Waals surface area contributed by atoms with Gasteiger partial charge in [-0.05, 0) is 31.0 Å². The summed E-state index contributed by atoms with van der Waals surface area (Å²) in [6.45, 7) is 3.90. The quantitative estimate of drug-likeness (QED) is 0.652. The number of halogens is 3. The minimum absolute atomic E-state index is 0.348. The third-order valence-corrected chi connectivity index (χ3v) is 3.35. The van der Waals surface area contributed by atoms with Crippen LogP contribution in [0.1, 0.15) is 11.1 Å². The van der Waals surface area contributed by atoms with E-state index in [2.05, 4.69) is 10.6 Å². The number of benzene rings is 1. The van der Waals surface area contributed by atoms with Crippen LogP contribution in [-0.2, 0) is 0 Å². The average molecular weight is 339 g/mol. The molecule has 0 spiro atoms. The van der Waals surface area contributed by atoms with Gasteiger partial charge in [-0.1, -0.05) is 46.9 Å². The predicted octanol–water partition coefficient (Wildman–Crippen LogP) is 3.68. The van der Waals surface area contributed by atoms with Gasteiger partial charge in [0.25, 0.3) is 0 Å². The molecule has 2 amide bonds.